The molecule has 0 saturated carbocycles. The van der Waals surface area contributed by atoms with Gasteiger partial charge in [-0.25, -0.2) is 9.97 Å². The molecule has 9 heteroatoms. The molecular weight excluding hydrogens is 258 g/mol. The molecule has 0 aliphatic rings. The Labute approximate surface area is 105 Å². The number of nitrogen functional groups attached to an aromatic ring is 1. The second kappa shape index (κ2) is 4.75. The Kier molecular flexibility index (Phi) is 3.15. The van der Waals surface area contributed by atoms with Crippen LogP contribution in [0.15, 0.2) is 24.5 Å². The van der Waals surface area contributed by atoms with Crippen LogP contribution in [0.4, 0.5) is 16.0 Å². The number of nitrogens with one attached hydrogen (secondary N) is 1. The molecule has 0 atom stereocenters. The lowest BCUT2D eigenvalue weighted by Gasteiger charge is -2.02. The Bertz CT molecular complexity index is 612. The summed E-state index contributed by atoms with van der Waals surface area (Å²) in [6.45, 7) is 0. The Morgan fingerprint density at radius 1 is 1.50 bits per heavy atom. The smallest absolute Gasteiger partial charge is 0.345 e. The van der Waals surface area contributed by atoms with Gasteiger partial charge in [0, 0.05) is 6.20 Å². The van der Waals surface area contributed by atoms with Gasteiger partial charge in [0.1, 0.15) is 12.0 Å². The van der Waals surface area contributed by atoms with Crippen molar-refractivity contribution in [1.29, 1.82) is 0 Å². The number of thiazole rings is 1. The third kappa shape index (κ3) is 2.40. The predicted molar refractivity (Wildman–Crippen MR) is 65.4 cm³/mol. The summed E-state index contributed by atoms with van der Waals surface area (Å²) in [5.41, 5.74) is 5.72. The fourth-order valence-corrected chi connectivity index (χ4v) is 1.81. The van der Waals surface area contributed by atoms with E-state index in [4.69, 9.17) is 5.73 Å². The number of pyridine rings is 1. The van der Waals surface area contributed by atoms with Crippen molar-refractivity contribution in [3.05, 3.63) is 40.2 Å². The highest BCUT2D eigenvalue weighted by molar-refractivity contribution is 7.18. The minimum absolute atomic E-state index is 0.0843. The predicted octanol–water partition coefficient (Wildman–Crippen LogP) is 1.28. The van der Waals surface area contributed by atoms with Gasteiger partial charge in [0.05, 0.1) is 10.5 Å². The third-order valence-corrected chi connectivity index (χ3v) is 2.84. The van der Waals surface area contributed by atoms with E-state index in [1.54, 1.807) is 6.07 Å². The van der Waals surface area contributed by atoms with Gasteiger partial charge in [0.2, 0.25) is 0 Å². The quantitative estimate of drug-likeness (QED) is 0.636. The number of hydrogen-bond donors (Lipinski definition) is 2. The minimum Gasteiger partial charge on any atom is -0.383 e. The van der Waals surface area contributed by atoms with Crippen LogP contribution in [-0.2, 0) is 0 Å². The average Bonchev–Trinajstić information content (AvgIpc) is 2.78. The summed E-state index contributed by atoms with van der Waals surface area (Å²) in [7, 11) is 0. The average molecular weight is 265 g/mol. The lowest BCUT2D eigenvalue weighted by molar-refractivity contribution is -0.380. The van der Waals surface area contributed by atoms with E-state index in [-0.39, 0.29) is 21.5 Å². The van der Waals surface area contributed by atoms with Crippen molar-refractivity contribution in [1.82, 2.24) is 9.97 Å². The molecule has 2 aromatic rings. The molecule has 0 unspecified atom stereocenters. The van der Waals surface area contributed by atoms with E-state index in [0.29, 0.717) is 0 Å². The van der Waals surface area contributed by atoms with Crippen molar-refractivity contribution < 1.29 is 9.72 Å². The number of carbonyl (C=O) groups excluding carboxylic acids is 1. The highest BCUT2D eigenvalue weighted by atomic mass is 32.1. The first kappa shape index (κ1) is 11.9. The number of aromatic nitrogens is 2. The summed E-state index contributed by atoms with van der Waals surface area (Å²) in [4.78, 5) is 29.1. The van der Waals surface area contributed by atoms with Crippen LogP contribution in [0.5, 0.6) is 0 Å². The Hall–Kier alpha value is -2.55. The van der Waals surface area contributed by atoms with Crippen molar-refractivity contribution in [2.45, 2.75) is 0 Å². The maximum absolute atomic E-state index is 11.8. The van der Waals surface area contributed by atoms with Gasteiger partial charge in [-0.15, -0.1) is 0 Å². The van der Waals surface area contributed by atoms with Crippen molar-refractivity contribution >= 4 is 33.2 Å². The number of rotatable bonds is 3. The monoisotopic (exact) mass is 265 g/mol. The molecule has 92 valence electrons. The van der Waals surface area contributed by atoms with Crippen LogP contribution in [0.25, 0.3) is 0 Å². The molecule has 0 radical (unpaired) electrons. The molecule has 3 N–H and O–H groups in total. The molecule has 2 aromatic heterocycles. The van der Waals surface area contributed by atoms with Gasteiger partial charge in [-0.3, -0.25) is 20.2 Å². The maximum atomic E-state index is 11.8. The molecular formula is C9H7N5O3S. The molecule has 2 heterocycles. The van der Waals surface area contributed by atoms with Gasteiger partial charge in [-0.1, -0.05) is 0 Å². The number of nitro groups is 1. The fraction of sp³-hybridized carbons (Fsp3) is 0. The topological polar surface area (TPSA) is 124 Å². The Balaban J connectivity index is 2.16. The molecule has 0 fully saturated rings. The SMILES string of the molecule is Nc1ncccc1C(=O)Nc1ncc([N+](=O)[O-])s1. The summed E-state index contributed by atoms with van der Waals surface area (Å²) >= 11 is 0.766. The van der Waals surface area contributed by atoms with Gasteiger partial charge in [0.25, 0.3) is 5.91 Å². The first-order valence-corrected chi connectivity index (χ1v) is 5.51. The van der Waals surface area contributed by atoms with E-state index in [1.165, 1.54) is 12.3 Å². The Morgan fingerprint density at radius 3 is 2.89 bits per heavy atom. The van der Waals surface area contributed by atoms with Gasteiger partial charge in [-0.05, 0) is 23.5 Å². The van der Waals surface area contributed by atoms with Crippen molar-refractivity contribution in [3.63, 3.8) is 0 Å². The van der Waals surface area contributed by atoms with Gasteiger partial charge < -0.3 is 5.73 Å². The number of carbonyl (C=O) groups is 1. The van der Waals surface area contributed by atoms with E-state index in [9.17, 15) is 14.9 Å². The molecule has 0 aromatic carbocycles. The second-order valence-electron chi connectivity index (χ2n) is 3.15. The number of hydrogen-bond acceptors (Lipinski definition) is 7. The summed E-state index contributed by atoms with van der Waals surface area (Å²) in [5.74, 6) is -0.425. The first-order chi connectivity index (χ1) is 8.58. The van der Waals surface area contributed by atoms with Crippen LogP contribution in [0.3, 0.4) is 0 Å². The van der Waals surface area contributed by atoms with E-state index < -0.39 is 10.8 Å². The normalized spacial score (nSPS) is 10.0. The van der Waals surface area contributed by atoms with E-state index >= 15 is 0 Å². The molecule has 0 aliphatic heterocycles. The van der Waals surface area contributed by atoms with Crippen molar-refractivity contribution in [2.24, 2.45) is 0 Å². The molecule has 0 aliphatic carbocycles. The minimum atomic E-state index is -0.578. The largest absolute Gasteiger partial charge is 0.383 e. The first-order valence-electron chi connectivity index (χ1n) is 4.70. The summed E-state index contributed by atoms with van der Waals surface area (Å²) < 4.78 is 0. The summed E-state index contributed by atoms with van der Waals surface area (Å²) in [6, 6.07) is 3.06. The lowest BCUT2D eigenvalue weighted by atomic mass is 10.2. The number of nitrogens with two attached hydrogens (primary N) is 1. The molecule has 1 amide bonds. The van der Waals surface area contributed by atoms with Crippen molar-refractivity contribution in [2.75, 3.05) is 11.1 Å². The van der Waals surface area contributed by atoms with E-state index in [2.05, 4.69) is 15.3 Å². The standard InChI is InChI=1S/C9H7N5O3S/c10-7-5(2-1-3-11-7)8(15)13-9-12-4-6(18-9)14(16)17/h1-4H,(H2,10,11)(H,12,13,15). The van der Waals surface area contributed by atoms with Crippen molar-refractivity contribution in [3.8, 4) is 0 Å². The Morgan fingerprint density at radius 2 is 2.28 bits per heavy atom. The van der Waals surface area contributed by atoms with Crippen LogP contribution in [-0.4, -0.2) is 20.8 Å². The van der Waals surface area contributed by atoms with Gasteiger partial charge >= 0.3 is 5.00 Å². The zero-order valence-electron chi connectivity index (χ0n) is 8.86. The fourth-order valence-electron chi connectivity index (χ4n) is 1.18. The second-order valence-corrected chi connectivity index (χ2v) is 4.16. The number of nitrogens with zero attached hydrogens (tertiary/aromatic N) is 3. The zero-order valence-corrected chi connectivity index (χ0v) is 9.68. The van der Waals surface area contributed by atoms with Gasteiger partial charge in [0.15, 0.2) is 5.13 Å². The van der Waals surface area contributed by atoms with E-state index in [0.717, 1.165) is 17.5 Å². The molecule has 0 spiro atoms. The maximum Gasteiger partial charge on any atom is 0.345 e. The summed E-state index contributed by atoms with van der Waals surface area (Å²) in [5, 5.41) is 12.9. The highest BCUT2D eigenvalue weighted by Gasteiger charge is 2.15. The van der Waals surface area contributed by atoms with Crippen LogP contribution >= 0.6 is 11.3 Å². The third-order valence-electron chi connectivity index (χ3n) is 1.98. The lowest BCUT2D eigenvalue weighted by Crippen LogP contribution is -2.14. The van der Waals surface area contributed by atoms with Gasteiger partial charge in [-0.2, -0.15) is 0 Å². The van der Waals surface area contributed by atoms with Crippen LogP contribution in [0, 0.1) is 10.1 Å². The zero-order chi connectivity index (χ0) is 13.1. The molecule has 0 saturated heterocycles. The molecule has 2 rings (SSSR count). The molecule has 0 bridgehead atoms. The summed E-state index contributed by atoms with van der Waals surface area (Å²) in [6.07, 6.45) is 2.53. The number of amides is 1. The molecule has 18 heavy (non-hydrogen) atoms. The van der Waals surface area contributed by atoms with Crippen LogP contribution in [0.2, 0.25) is 0 Å². The number of anilines is 2. The highest BCUT2D eigenvalue weighted by Crippen LogP contribution is 2.25. The van der Waals surface area contributed by atoms with Crippen LogP contribution in [0.1, 0.15) is 10.4 Å². The van der Waals surface area contributed by atoms with E-state index in [1.807, 2.05) is 0 Å². The van der Waals surface area contributed by atoms with Crippen LogP contribution < -0.4 is 11.1 Å². The molecule has 8 nitrogen and oxygen atoms in total.